The van der Waals surface area contributed by atoms with Gasteiger partial charge in [0.15, 0.2) is 12.3 Å². The molecule has 1 aliphatic rings. The van der Waals surface area contributed by atoms with E-state index in [0.29, 0.717) is 25.3 Å². The summed E-state index contributed by atoms with van der Waals surface area (Å²) < 4.78 is 18.1. The van der Waals surface area contributed by atoms with Crippen LogP contribution in [0.15, 0.2) is 35.6 Å². The van der Waals surface area contributed by atoms with Crippen molar-refractivity contribution < 1.29 is 23.9 Å². The molecule has 210 valence electrons. The van der Waals surface area contributed by atoms with Gasteiger partial charge in [-0.3, -0.25) is 4.79 Å². The van der Waals surface area contributed by atoms with E-state index in [1.165, 1.54) is 0 Å². The van der Waals surface area contributed by atoms with Crippen LogP contribution in [0.4, 0.5) is 0 Å². The first-order valence-electron chi connectivity index (χ1n) is 12.5. The second-order valence-corrected chi connectivity index (χ2v) is 10.0. The summed E-state index contributed by atoms with van der Waals surface area (Å²) in [5.41, 5.74) is 1.71. The van der Waals surface area contributed by atoms with Crippen molar-refractivity contribution in [2.75, 3.05) is 40.8 Å². The average Bonchev–Trinajstić information content (AvgIpc) is 3.36. The Bertz CT molecular complexity index is 1020. The molecule has 38 heavy (non-hydrogen) atoms. The molecule has 6 atom stereocenters. The number of aromatic nitrogens is 3. The Labute approximate surface area is 225 Å². The quantitative estimate of drug-likeness (QED) is 0.257. The van der Waals surface area contributed by atoms with Crippen LogP contribution in [0.3, 0.4) is 0 Å². The first-order valence-corrected chi connectivity index (χ1v) is 12.9. The summed E-state index contributed by atoms with van der Waals surface area (Å²) in [5, 5.41) is 24.5. The maximum Gasteiger partial charge on any atom is 0.221 e. The first-order chi connectivity index (χ1) is 18.2. The molecule has 1 fully saturated rings. The van der Waals surface area contributed by atoms with Crippen LogP contribution < -0.4 is 10.1 Å². The molecule has 0 spiro atoms. The molecule has 1 saturated heterocycles. The van der Waals surface area contributed by atoms with Crippen LogP contribution in [-0.4, -0.2) is 107 Å². The standard InChI is InChI=1S/C24H38N7O6P/c1-16-11-21(23(27-34)24(36-16)37-38)30(4)10-9-22(33)25-12-19(32)15-35-20-7-5-18(6-8-20)31-14-17(26-28-31)13-29(2)3/h5-8,14,16,19,21,23-24,32H,9-13,15,38H2,1-4H3,(H,25,33)/t16?,19?,21?,23-,24?/m1/s1. The van der Waals surface area contributed by atoms with Gasteiger partial charge in [0, 0.05) is 41.6 Å². The zero-order chi connectivity index (χ0) is 27.7. The topological polar surface area (TPSA) is 144 Å². The second-order valence-electron chi connectivity index (χ2n) is 9.74. The van der Waals surface area contributed by atoms with Crippen molar-refractivity contribution in [2.24, 2.45) is 5.18 Å². The molecule has 0 radical (unpaired) electrons. The molecule has 1 aromatic carbocycles. The average molecular weight is 552 g/mol. The molecule has 1 aliphatic heterocycles. The molecule has 2 aromatic rings. The number of aliphatic hydroxyl groups is 1. The van der Waals surface area contributed by atoms with Gasteiger partial charge in [0.25, 0.3) is 0 Å². The Hall–Kier alpha value is -2.54. The van der Waals surface area contributed by atoms with Crippen molar-refractivity contribution >= 4 is 15.4 Å². The number of nitrogens with one attached hydrogen (secondary N) is 1. The highest BCUT2D eigenvalue weighted by atomic mass is 31.0. The van der Waals surface area contributed by atoms with Gasteiger partial charge >= 0.3 is 0 Å². The zero-order valence-corrected chi connectivity index (χ0v) is 23.4. The molecule has 0 aliphatic carbocycles. The minimum atomic E-state index is -0.875. The molecule has 2 heterocycles. The zero-order valence-electron chi connectivity index (χ0n) is 22.3. The fourth-order valence-corrected chi connectivity index (χ4v) is 4.46. The van der Waals surface area contributed by atoms with Gasteiger partial charge in [-0.15, -0.1) is 5.10 Å². The van der Waals surface area contributed by atoms with Crippen molar-refractivity contribution in [2.45, 2.75) is 56.9 Å². The predicted octanol–water partition coefficient (Wildman–Crippen LogP) is 0.952. The van der Waals surface area contributed by atoms with Gasteiger partial charge in [0.05, 0.1) is 23.7 Å². The third kappa shape index (κ3) is 8.75. The number of hydrogen-bond acceptors (Lipinski definition) is 11. The number of rotatable bonds is 14. The van der Waals surface area contributed by atoms with Crippen LogP contribution in [0.25, 0.3) is 5.69 Å². The van der Waals surface area contributed by atoms with Gasteiger partial charge in [-0.2, -0.15) is 4.91 Å². The van der Waals surface area contributed by atoms with E-state index in [1.807, 2.05) is 56.2 Å². The summed E-state index contributed by atoms with van der Waals surface area (Å²) in [6.45, 7) is 3.11. The summed E-state index contributed by atoms with van der Waals surface area (Å²) in [5.74, 6) is 0.377. The van der Waals surface area contributed by atoms with Crippen LogP contribution in [-0.2, 0) is 20.6 Å². The second kappa shape index (κ2) is 14.6. The first kappa shape index (κ1) is 30.0. The third-order valence-corrected chi connectivity index (χ3v) is 6.49. The van der Waals surface area contributed by atoms with Crippen LogP contribution in [0, 0.1) is 4.91 Å². The van der Waals surface area contributed by atoms with Crippen molar-refractivity contribution in [1.82, 2.24) is 30.1 Å². The van der Waals surface area contributed by atoms with Crippen LogP contribution in [0.2, 0.25) is 0 Å². The number of ether oxygens (including phenoxy) is 2. The molecule has 2 N–H and O–H groups in total. The molecule has 0 saturated carbocycles. The van der Waals surface area contributed by atoms with Crippen molar-refractivity contribution in [1.29, 1.82) is 0 Å². The van der Waals surface area contributed by atoms with Gasteiger partial charge in [-0.25, -0.2) is 4.68 Å². The number of likely N-dealkylation sites (N-methyl/N-ethyl adjacent to an activating group) is 1. The molecule has 1 aromatic heterocycles. The van der Waals surface area contributed by atoms with Crippen molar-refractivity contribution in [3.63, 3.8) is 0 Å². The number of aliphatic hydroxyl groups excluding tert-OH is 1. The Morgan fingerprint density at radius 2 is 2.08 bits per heavy atom. The largest absolute Gasteiger partial charge is 0.491 e. The summed E-state index contributed by atoms with van der Waals surface area (Å²) in [7, 11) is 7.89. The molecule has 3 rings (SSSR count). The van der Waals surface area contributed by atoms with Gasteiger partial charge in [-0.1, -0.05) is 10.4 Å². The number of hydrogen-bond donors (Lipinski definition) is 2. The highest BCUT2D eigenvalue weighted by Crippen LogP contribution is 2.28. The minimum absolute atomic E-state index is 0.0267. The Morgan fingerprint density at radius 1 is 1.34 bits per heavy atom. The van der Waals surface area contributed by atoms with E-state index in [2.05, 4.69) is 30.3 Å². The van der Waals surface area contributed by atoms with Crippen LogP contribution >= 0.6 is 9.47 Å². The Morgan fingerprint density at radius 3 is 2.74 bits per heavy atom. The van der Waals surface area contributed by atoms with Crippen molar-refractivity contribution in [3.8, 4) is 11.4 Å². The summed E-state index contributed by atoms with van der Waals surface area (Å²) >= 11 is 0. The normalized spacial score (nSPS) is 22.4. The SMILES string of the molecule is CC1CC(N(C)CCC(=O)NCC(O)COc2ccc(-n3cc(CN(C)C)nn3)cc2)[C@@H](N=O)C(OP)O1. The van der Waals surface area contributed by atoms with E-state index in [4.69, 9.17) is 14.0 Å². The van der Waals surface area contributed by atoms with Gasteiger partial charge in [-0.05, 0) is 58.8 Å². The summed E-state index contributed by atoms with van der Waals surface area (Å²) in [4.78, 5) is 27.6. The molecule has 13 nitrogen and oxygen atoms in total. The fraction of sp³-hybridized carbons (Fsp3) is 0.625. The molecule has 0 bridgehead atoms. The van der Waals surface area contributed by atoms with E-state index in [0.717, 1.165) is 11.4 Å². The molecular formula is C24H38N7O6P. The van der Waals surface area contributed by atoms with Crippen LogP contribution in [0.5, 0.6) is 5.75 Å². The number of amides is 1. The predicted molar refractivity (Wildman–Crippen MR) is 144 cm³/mol. The van der Waals surface area contributed by atoms with E-state index in [-0.39, 0.29) is 37.6 Å². The van der Waals surface area contributed by atoms with E-state index in [1.54, 1.807) is 16.8 Å². The molecule has 5 unspecified atom stereocenters. The molecule has 14 heteroatoms. The lowest BCUT2D eigenvalue weighted by Gasteiger charge is -2.40. The van der Waals surface area contributed by atoms with Crippen LogP contribution in [0.1, 0.15) is 25.5 Å². The summed E-state index contributed by atoms with van der Waals surface area (Å²) in [6, 6.07) is 6.38. The highest BCUT2D eigenvalue weighted by Gasteiger charge is 2.40. The minimum Gasteiger partial charge on any atom is -0.491 e. The Balaban J connectivity index is 1.37. The fourth-order valence-electron chi connectivity index (χ4n) is 4.23. The maximum absolute atomic E-state index is 12.3. The molecular weight excluding hydrogens is 513 g/mol. The van der Waals surface area contributed by atoms with Gasteiger partial charge in [0.1, 0.15) is 18.5 Å². The van der Waals surface area contributed by atoms with E-state index >= 15 is 0 Å². The number of nitroso groups, excluding NO2 is 1. The lowest BCUT2D eigenvalue weighted by Crippen LogP contribution is -2.54. The van der Waals surface area contributed by atoms with Crippen molar-refractivity contribution in [3.05, 3.63) is 41.1 Å². The highest BCUT2D eigenvalue weighted by molar-refractivity contribution is 7.09. The smallest absolute Gasteiger partial charge is 0.221 e. The number of carbonyl (C=O) groups is 1. The monoisotopic (exact) mass is 551 g/mol. The maximum atomic E-state index is 12.3. The number of benzene rings is 1. The lowest BCUT2D eigenvalue weighted by molar-refractivity contribution is -0.164. The number of nitrogens with zero attached hydrogens (tertiary/aromatic N) is 6. The lowest BCUT2D eigenvalue weighted by atomic mass is 9.97. The molecule has 1 amide bonds. The Kier molecular flexibility index (Phi) is 11.5. The third-order valence-electron chi connectivity index (χ3n) is 6.22. The van der Waals surface area contributed by atoms with E-state index < -0.39 is 18.4 Å². The number of carbonyl (C=O) groups excluding carboxylic acids is 1. The summed E-state index contributed by atoms with van der Waals surface area (Å²) in [6.07, 6.45) is 0.962. The van der Waals surface area contributed by atoms with Gasteiger partial charge < -0.3 is 34.2 Å². The van der Waals surface area contributed by atoms with Gasteiger partial charge in [0.2, 0.25) is 5.91 Å². The van der Waals surface area contributed by atoms with E-state index in [9.17, 15) is 14.8 Å².